The molecule has 10 nitrogen and oxygen atoms in total. The molecule has 1 fully saturated rings. The van der Waals surface area contributed by atoms with Crippen LogP contribution in [0.15, 0.2) is 69.4 Å². The first-order chi connectivity index (χ1) is 16.6. The van der Waals surface area contributed by atoms with Crippen LogP contribution in [0.25, 0.3) is 0 Å². The first kappa shape index (κ1) is 26.1. The molecule has 2 N–H and O–H groups in total. The van der Waals surface area contributed by atoms with Crippen LogP contribution < -0.4 is 5.14 Å². The highest BCUT2D eigenvalue weighted by molar-refractivity contribution is 8.18. The van der Waals surface area contributed by atoms with Crippen LogP contribution in [0.3, 0.4) is 0 Å². The van der Waals surface area contributed by atoms with Crippen molar-refractivity contribution in [1.29, 1.82) is 0 Å². The SMILES string of the molecule is CCOC(=O)c1ccc(N=C2S/C(=C\C(=O)OC)C(=O)N2CCc2ccc(S(N)(=O)=O)cc2)cc1. The number of primary sulfonamides is 1. The number of benzene rings is 2. The molecule has 1 aliphatic heterocycles. The summed E-state index contributed by atoms with van der Waals surface area (Å²) < 4.78 is 32.5. The second kappa shape index (κ2) is 11.3. The molecule has 3 rings (SSSR count). The third-order valence-electron chi connectivity index (χ3n) is 4.82. The summed E-state index contributed by atoms with van der Waals surface area (Å²) in [4.78, 5) is 42.6. The predicted molar refractivity (Wildman–Crippen MR) is 130 cm³/mol. The van der Waals surface area contributed by atoms with E-state index in [4.69, 9.17) is 9.88 Å². The molecule has 1 amide bonds. The number of hydrogen-bond donors (Lipinski definition) is 1. The molecule has 12 heteroatoms. The van der Waals surface area contributed by atoms with Crippen molar-refractivity contribution in [3.05, 3.63) is 70.6 Å². The lowest BCUT2D eigenvalue weighted by Gasteiger charge is -2.15. The van der Waals surface area contributed by atoms with Crippen molar-refractivity contribution in [2.24, 2.45) is 10.1 Å². The Morgan fingerprint density at radius 1 is 1.11 bits per heavy atom. The number of esters is 2. The van der Waals surface area contributed by atoms with Crippen LogP contribution in [0.1, 0.15) is 22.8 Å². The minimum Gasteiger partial charge on any atom is -0.466 e. The fourth-order valence-corrected chi connectivity index (χ4v) is 4.54. The Labute approximate surface area is 206 Å². The van der Waals surface area contributed by atoms with Crippen LogP contribution in [-0.4, -0.2) is 56.6 Å². The third-order valence-corrected chi connectivity index (χ3v) is 6.75. The molecular formula is C23H23N3O7S2. The summed E-state index contributed by atoms with van der Waals surface area (Å²) in [5, 5.41) is 5.47. The molecule has 1 heterocycles. The Bertz CT molecular complexity index is 1290. The van der Waals surface area contributed by atoms with Gasteiger partial charge in [-0.15, -0.1) is 0 Å². The largest absolute Gasteiger partial charge is 0.466 e. The number of thioether (sulfide) groups is 1. The Hall–Kier alpha value is -3.48. The monoisotopic (exact) mass is 517 g/mol. The number of amidine groups is 1. The van der Waals surface area contributed by atoms with Gasteiger partial charge >= 0.3 is 11.9 Å². The number of rotatable bonds is 8. The molecule has 0 aliphatic carbocycles. The lowest BCUT2D eigenvalue weighted by Crippen LogP contribution is -2.31. The van der Waals surface area contributed by atoms with E-state index in [-0.39, 0.29) is 23.0 Å². The molecule has 1 saturated heterocycles. The number of nitrogens with two attached hydrogens (primary N) is 1. The van der Waals surface area contributed by atoms with E-state index in [0.29, 0.717) is 22.8 Å². The van der Waals surface area contributed by atoms with Gasteiger partial charge in [-0.2, -0.15) is 0 Å². The van der Waals surface area contributed by atoms with Crippen molar-refractivity contribution in [2.75, 3.05) is 20.3 Å². The summed E-state index contributed by atoms with van der Waals surface area (Å²) in [6, 6.07) is 12.4. The molecule has 0 saturated carbocycles. The highest BCUT2D eigenvalue weighted by Crippen LogP contribution is 2.33. The molecule has 0 spiro atoms. The van der Waals surface area contributed by atoms with Crippen molar-refractivity contribution in [3.63, 3.8) is 0 Å². The van der Waals surface area contributed by atoms with Crippen molar-refractivity contribution in [2.45, 2.75) is 18.2 Å². The lowest BCUT2D eigenvalue weighted by molar-refractivity contribution is -0.135. The van der Waals surface area contributed by atoms with Crippen molar-refractivity contribution >= 4 is 50.5 Å². The quantitative estimate of drug-likeness (QED) is 0.415. The molecule has 0 bridgehead atoms. The average Bonchev–Trinajstić information content (AvgIpc) is 3.11. The summed E-state index contributed by atoms with van der Waals surface area (Å²) >= 11 is 1.02. The zero-order valence-corrected chi connectivity index (χ0v) is 20.6. The van der Waals surface area contributed by atoms with Crippen molar-refractivity contribution in [1.82, 2.24) is 4.90 Å². The summed E-state index contributed by atoms with van der Waals surface area (Å²) in [6.45, 7) is 2.20. The van der Waals surface area contributed by atoms with Gasteiger partial charge in [0.15, 0.2) is 5.17 Å². The van der Waals surface area contributed by atoms with Crippen molar-refractivity contribution < 1.29 is 32.3 Å². The van der Waals surface area contributed by atoms with E-state index in [2.05, 4.69) is 9.73 Å². The van der Waals surface area contributed by atoms with Gasteiger partial charge in [0.2, 0.25) is 10.0 Å². The maximum absolute atomic E-state index is 13.0. The molecule has 2 aromatic carbocycles. The van der Waals surface area contributed by atoms with Crippen LogP contribution in [0.2, 0.25) is 0 Å². The normalized spacial score (nSPS) is 16.1. The second-order valence-corrected chi connectivity index (χ2v) is 9.76. The van der Waals surface area contributed by atoms with E-state index in [1.165, 1.54) is 24.1 Å². The van der Waals surface area contributed by atoms with Gasteiger partial charge in [-0.05, 0) is 67.1 Å². The van der Waals surface area contributed by atoms with Gasteiger partial charge < -0.3 is 9.47 Å². The average molecular weight is 518 g/mol. The highest BCUT2D eigenvalue weighted by Gasteiger charge is 2.34. The van der Waals surface area contributed by atoms with Crippen LogP contribution in [0, 0.1) is 0 Å². The maximum Gasteiger partial charge on any atom is 0.338 e. The molecule has 1 aliphatic rings. The van der Waals surface area contributed by atoms with E-state index in [1.807, 2.05) is 0 Å². The molecule has 184 valence electrons. The minimum atomic E-state index is -3.80. The van der Waals surface area contributed by atoms with Gasteiger partial charge in [0, 0.05) is 12.6 Å². The van der Waals surface area contributed by atoms with Gasteiger partial charge in [-0.1, -0.05) is 12.1 Å². The van der Waals surface area contributed by atoms with Crippen LogP contribution in [0.5, 0.6) is 0 Å². The van der Waals surface area contributed by atoms with E-state index in [9.17, 15) is 22.8 Å². The number of carbonyl (C=O) groups is 3. The molecule has 0 radical (unpaired) electrons. The Morgan fingerprint density at radius 3 is 2.34 bits per heavy atom. The number of ether oxygens (including phenoxy) is 2. The van der Waals surface area contributed by atoms with Gasteiger partial charge in [-0.3, -0.25) is 9.69 Å². The van der Waals surface area contributed by atoms with E-state index in [0.717, 1.165) is 23.4 Å². The number of methoxy groups -OCH3 is 1. The van der Waals surface area contributed by atoms with Crippen molar-refractivity contribution in [3.8, 4) is 0 Å². The second-order valence-electron chi connectivity index (χ2n) is 7.19. The molecule has 0 atom stereocenters. The summed E-state index contributed by atoms with van der Waals surface area (Å²) in [6.07, 6.45) is 1.50. The Balaban J connectivity index is 1.84. The van der Waals surface area contributed by atoms with E-state index >= 15 is 0 Å². The number of nitrogens with zero attached hydrogens (tertiary/aromatic N) is 2. The molecule has 0 aromatic heterocycles. The van der Waals surface area contributed by atoms with Crippen LogP contribution in [0.4, 0.5) is 5.69 Å². The predicted octanol–water partition coefficient (Wildman–Crippen LogP) is 2.37. The smallest absolute Gasteiger partial charge is 0.338 e. The van der Waals surface area contributed by atoms with Gasteiger partial charge in [0.25, 0.3) is 5.91 Å². The van der Waals surface area contributed by atoms with Gasteiger partial charge in [0.05, 0.1) is 34.8 Å². The number of carbonyl (C=O) groups excluding carboxylic acids is 3. The first-order valence-corrected chi connectivity index (χ1v) is 12.8. The van der Waals surface area contributed by atoms with Crippen LogP contribution >= 0.6 is 11.8 Å². The Kier molecular flexibility index (Phi) is 8.43. The standard InChI is InChI=1S/C23H23N3O7S2/c1-3-33-22(29)16-6-8-17(9-7-16)25-23-26(21(28)19(34-23)14-20(27)32-2)13-12-15-4-10-18(11-5-15)35(24,30)31/h4-11,14H,3,12-13H2,1-2H3,(H2,24,30,31)/b19-14-,25-23?. The Morgan fingerprint density at radius 2 is 1.77 bits per heavy atom. The number of sulfonamides is 1. The summed E-state index contributed by atoms with van der Waals surface area (Å²) in [5.74, 6) is -1.53. The summed E-state index contributed by atoms with van der Waals surface area (Å²) in [7, 11) is -2.59. The zero-order valence-electron chi connectivity index (χ0n) is 19.0. The minimum absolute atomic E-state index is 0.00845. The summed E-state index contributed by atoms with van der Waals surface area (Å²) in [5.41, 5.74) is 1.64. The number of amides is 1. The van der Waals surface area contributed by atoms with Gasteiger partial charge in [0.1, 0.15) is 0 Å². The molecule has 0 unspecified atom stereocenters. The lowest BCUT2D eigenvalue weighted by atomic mass is 10.1. The number of aliphatic imine (C=N–C) groups is 1. The van der Waals surface area contributed by atoms with E-state index in [1.54, 1.807) is 43.3 Å². The molecule has 2 aromatic rings. The highest BCUT2D eigenvalue weighted by atomic mass is 32.2. The van der Waals surface area contributed by atoms with E-state index < -0.39 is 27.9 Å². The topological polar surface area (TPSA) is 145 Å². The fourth-order valence-electron chi connectivity index (χ4n) is 3.04. The molecule has 35 heavy (non-hydrogen) atoms. The van der Waals surface area contributed by atoms with Gasteiger partial charge in [-0.25, -0.2) is 28.1 Å². The first-order valence-electron chi connectivity index (χ1n) is 10.4. The molecular weight excluding hydrogens is 494 g/mol. The zero-order chi connectivity index (χ0) is 25.6. The van der Waals surface area contributed by atoms with Crippen LogP contribution in [-0.2, 0) is 35.5 Å². The number of hydrogen-bond acceptors (Lipinski definition) is 9. The fraction of sp³-hybridized carbons (Fsp3) is 0.217. The maximum atomic E-state index is 13.0. The third kappa shape index (κ3) is 6.78.